The second kappa shape index (κ2) is 4.54. The Hall–Kier alpha value is -2.27. The number of hydrogen-bond donors (Lipinski definition) is 0. The number of aliphatic imine (C=N–C) groups is 1. The van der Waals surface area contributed by atoms with Crippen LogP contribution in [-0.4, -0.2) is 16.9 Å². The molecule has 1 aliphatic rings. The summed E-state index contributed by atoms with van der Waals surface area (Å²) in [5.74, 6) is -0.107. The molecular weight excluding hydrogens is 248 g/mol. The molecule has 0 amide bonds. The Kier molecular flexibility index (Phi) is 2.74. The van der Waals surface area contributed by atoms with Crippen molar-refractivity contribution in [2.75, 3.05) is 0 Å². The summed E-state index contributed by atoms with van der Waals surface area (Å²) in [5, 5.41) is 1.84. The van der Waals surface area contributed by atoms with Gasteiger partial charge in [-0.05, 0) is 18.2 Å². The van der Waals surface area contributed by atoms with Crippen molar-refractivity contribution < 1.29 is 9.53 Å². The van der Waals surface area contributed by atoms with Crippen molar-refractivity contribution in [3.8, 4) is 0 Å². The molecule has 1 aliphatic heterocycles. The summed E-state index contributed by atoms with van der Waals surface area (Å²) in [7, 11) is 0. The highest BCUT2D eigenvalue weighted by atomic mass is 32.1. The van der Waals surface area contributed by atoms with Gasteiger partial charge in [-0.15, -0.1) is 11.3 Å². The molecule has 0 spiro atoms. The van der Waals surface area contributed by atoms with Crippen molar-refractivity contribution >= 4 is 29.3 Å². The normalized spacial score (nSPS) is 16.8. The minimum atomic E-state index is -0.443. The number of hydrogen-bond acceptors (Lipinski definition) is 5. The minimum absolute atomic E-state index is 0.278. The Balaban J connectivity index is 1.95. The maximum absolute atomic E-state index is 11.7. The van der Waals surface area contributed by atoms with Gasteiger partial charge in [0.1, 0.15) is 0 Å². The molecule has 0 N–H and O–H groups in total. The molecule has 1 aromatic heterocycles. The third-order valence-electron chi connectivity index (χ3n) is 2.38. The van der Waals surface area contributed by atoms with E-state index < -0.39 is 5.97 Å². The zero-order chi connectivity index (χ0) is 12.4. The summed E-state index contributed by atoms with van der Waals surface area (Å²) in [6, 6.07) is 9.32. The number of benzene rings is 1. The Bertz CT molecular complexity index is 630. The van der Waals surface area contributed by atoms with E-state index in [9.17, 15) is 4.79 Å². The molecule has 2 aromatic rings. The van der Waals surface area contributed by atoms with Crippen LogP contribution in [-0.2, 0) is 9.53 Å². The fraction of sp³-hybridized carbons (Fsp3) is 0. The van der Waals surface area contributed by atoms with Crippen LogP contribution in [0.1, 0.15) is 11.3 Å². The predicted molar refractivity (Wildman–Crippen MR) is 69.2 cm³/mol. The number of esters is 1. The fourth-order valence-electron chi connectivity index (χ4n) is 1.55. The number of aromatic nitrogens is 1. The van der Waals surface area contributed by atoms with Crippen LogP contribution >= 0.6 is 11.3 Å². The van der Waals surface area contributed by atoms with Gasteiger partial charge in [0, 0.05) is 10.9 Å². The Morgan fingerprint density at radius 2 is 2.06 bits per heavy atom. The quantitative estimate of drug-likeness (QED) is 0.612. The van der Waals surface area contributed by atoms with Crippen LogP contribution in [0, 0.1) is 0 Å². The first kappa shape index (κ1) is 10.9. The average molecular weight is 256 g/mol. The van der Waals surface area contributed by atoms with Gasteiger partial charge in [0.05, 0.1) is 11.2 Å². The molecule has 0 unspecified atom stereocenters. The van der Waals surface area contributed by atoms with E-state index in [1.54, 1.807) is 11.6 Å². The van der Waals surface area contributed by atoms with Gasteiger partial charge in [0.15, 0.2) is 5.70 Å². The lowest BCUT2D eigenvalue weighted by molar-refractivity contribution is -0.129. The Morgan fingerprint density at radius 3 is 2.78 bits per heavy atom. The summed E-state index contributed by atoms with van der Waals surface area (Å²) < 4.78 is 5.13. The zero-order valence-corrected chi connectivity index (χ0v) is 10.1. The van der Waals surface area contributed by atoms with Crippen LogP contribution in [0.15, 0.2) is 51.9 Å². The largest absolute Gasteiger partial charge is 0.402 e. The molecule has 0 bridgehead atoms. The molecule has 3 rings (SSSR count). The van der Waals surface area contributed by atoms with Crippen LogP contribution in [0.5, 0.6) is 0 Å². The molecule has 0 radical (unpaired) electrons. The second-order valence-electron chi connectivity index (χ2n) is 3.62. The fourth-order valence-corrected chi connectivity index (χ4v) is 2.06. The third kappa shape index (κ3) is 2.08. The van der Waals surface area contributed by atoms with Crippen molar-refractivity contribution in [2.24, 2.45) is 4.99 Å². The molecule has 4 nitrogen and oxygen atoms in total. The first-order valence-corrected chi connectivity index (χ1v) is 6.23. The SMILES string of the molecule is O=C1OC(c2ccccc2)=NC1=Cc1cscn1. The van der Waals surface area contributed by atoms with Crippen molar-refractivity contribution in [2.45, 2.75) is 0 Å². The maximum atomic E-state index is 11.7. The highest BCUT2D eigenvalue weighted by Crippen LogP contribution is 2.18. The zero-order valence-electron chi connectivity index (χ0n) is 9.24. The molecule has 0 fully saturated rings. The lowest BCUT2D eigenvalue weighted by Crippen LogP contribution is -2.04. The summed E-state index contributed by atoms with van der Waals surface area (Å²) >= 11 is 1.47. The van der Waals surface area contributed by atoms with Gasteiger partial charge in [-0.2, -0.15) is 0 Å². The van der Waals surface area contributed by atoms with Gasteiger partial charge >= 0.3 is 5.97 Å². The van der Waals surface area contributed by atoms with Crippen molar-refractivity contribution in [3.63, 3.8) is 0 Å². The third-order valence-corrected chi connectivity index (χ3v) is 2.98. The smallest absolute Gasteiger partial charge is 0.363 e. The number of rotatable bonds is 2. The van der Waals surface area contributed by atoms with Crippen LogP contribution < -0.4 is 0 Å². The lowest BCUT2D eigenvalue weighted by Gasteiger charge is -1.97. The summed E-state index contributed by atoms with van der Waals surface area (Å²) in [4.78, 5) is 19.9. The van der Waals surface area contributed by atoms with Crippen molar-refractivity contribution in [1.82, 2.24) is 4.98 Å². The van der Waals surface area contributed by atoms with E-state index in [-0.39, 0.29) is 5.70 Å². The molecule has 0 aliphatic carbocycles. The van der Waals surface area contributed by atoms with Gasteiger partial charge in [-0.25, -0.2) is 14.8 Å². The standard InChI is InChI=1S/C13H8N2O2S/c16-13-11(6-10-7-18-8-14-10)15-12(17-13)9-4-2-1-3-5-9/h1-8H. The first-order chi connectivity index (χ1) is 8.83. The molecule has 5 heteroatoms. The summed E-state index contributed by atoms with van der Waals surface area (Å²) in [6.07, 6.45) is 1.62. The van der Waals surface area contributed by atoms with E-state index in [1.165, 1.54) is 11.3 Å². The molecule has 18 heavy (non-hydrogen) atoms. The number of cyclic esters (lactones) is 1. The molecule has 2 heterocycles. The average Bonchev–Trinajstić information content (AvgIpc) is 3.02. The topological polar surface area (TPSA) is 51.5 Å². The Morgan fingerprint density at radius 1 is 1.22 bits per heavy atom. The van der Waals surface area contributed by atoms with E-state index >= 15 is 0 Å². The van der Waals surface area contributed by atoms with Crippen LogP contribution in [0.25, 0.3) is 6.08 Å². The lowest BCUT2D eigenvalue weighted by atomic mass is 10.2. The van der Waals surface area contributed by atoms with Crippen molar-refractivity contribution in [1.29, 1.82) is 0 Å². The molecule has 0 saturated heterocycles. The predicted octanol–water partition coefficient (Wildman–Crippen LogP) is 2.49. The first-order valence-electron chi connectivity index (χ1n) is 5.29. The van der Waals surface area contributed by atoms with E-state index in [2.05, 4.69) is 9.98 Å². The number of ether oxygens (including phenoxy) is 1. The number of carbonyl (C=O) groups is 1. The Labute approximate surface area is 107 Å². The van der Waals surface area contributed by atoms with Crippen LogP contribution in [0.3, 0.4) is 0 Å². The minimum Gasteiger partial charge on any atom is -0.402 e. The molecular formula is C13H8N2O2S. The van der Waals surface area contributed by atoms with E-state index in [1.807, 2.05) is 35.7 Å². The monoisotopic (exact) mass is 256 g/mol. The highest BCUT2D eigenvalue weighted by Gasteiger charge is 2.23. The summed E-state index contributed by atoms with van der Waals surface area (Å²) in [6.45, 7) is 0. The second-order valence-corrected chi connectivity index (χ2v) is 4.33. The molecule has 0 saturated carbocycles. The van der Waals surface area contributed by atoms with E-state index in [4.69, 9.17) is 4.74 Å². The van der Waals surface area contributed by atoms with Gasteiger partial charge in [-0.3, -0.25) is 0 Å². The molecule has 88 valence electrons. The summed E-state index contributed by atoms with van der Waals surface area (Å²) in [5.41, 5.74) is 3.48. The maximum Gasteiger partial charge on any atom is 0.363 e. The molecule has 0 atom stereocenters. The van der Waals surface area contributed by atoms with Gasteiger partial charge < -0.3 is 4.74 Å². The van der Waals surface area contributed by atoms with Crippen LogP contribution in [0.4, 0.5) is 0 Å². The number of thiazole rings is 1. The van der Waals surface area contributed by atoms with E-state index in [0.717, 1.165) is 5.56 Å². The van der Waals surface area contributed by atoms with Crippen molar-refractivity contribution in [3.05, 3.63) is 58.2 Å². The van der Waals surface area contributed by atoms with Gasteiger partial charge in [0.2, 0.25) is 5.90 Å². The number of nitrogens with zero attached hydrogens (tertiary/aromatic N) is 2. The van der Waals surface area contributed by atoms with Gasteiger partial charge in [0.25, 0.3) is 0 Å². The van der Waals surface area contributed by atoms with Crippen LogP contribution in [0.2, 0.25) is 0 Å². The van der Waals surface area contributed by atoms with E-state index in [0.29, 0.717) is 11.6 Å². The van der Waals surface area contributed by atoms with Gasteiger partial charge in [-0.1, -0.05) is 18.2 Å². The number of carbonyl (C=O) groups excluding carboxylic acids is 1. The molecule has 1 aromatic carbocycles. The highest BCUT2D eigenvalue weighted by molar-refractivity contribution is 7.07.